The van der Waals surface area contributed by atoms with Crippen molar-refractivity contribution in [2.75, 3.05) is 18.2 Å². The van der Waals surface area contributed by atoms with Crippen LogP contribution in [0.4, 0.5) is 10.5 Å². The molecule has 3 N–H and O–H groups in total. The fourth-order valence-corrected chi connectivity index (χ4v) is 4.15. The summed E-state index contributed by atoms with van der Waals surface area (Å²) in [6.07, 6.45) is 0.472. The second-order valence-corrected chi connectivity index (χ2v) is 8.20. The minimum absolute atomic E-state index is 0.125. The van der Waals surface area contributed by atoms with E-state index in [9.17, 15) is 14.4 Å². The summed E-state index contributed by atoms with van der Waals surface area (Å²) >= 11 is 1.25. The molecule has 1 aliphatic heterocycles. The number of urea groups is 1. The van der Waals surface area contributed by atoms with Gasteiger partial charge >= 0.3 is 6.03 Å². The second kappa shape index (κ2) is 10.2. The number of amides is 4. The van der Waals surface area contributed by atoms with Crippen LogP contribution in [0.2, 0.25) is 0 Å². The number of benzene rings is 2. The summed E-state index contributed by atoms with van der Waals surface area (Å²) in [4.78, 5) is 35.9. The number of carbonyl (C=O) groups excluding carboxylic acids is 3. The number of rotatable bonds is 8. The van der Waals surface area contributed by atoms with Crippen LogP contribution in [-0.2, 0) is 16.0 Å². The van der Waals surface area contributed by atoms with Crippen molar-refractivity contribution in [3.8, 4) is 11.4 Å². The van der Waals surface area contributed by atoms with Gasteiger partial charge in [0.2, 0.25) is 11.8 Å². The third-order valence-electron chi connectivity index (χ3n) is 4.87. The second-order valence-electron chi connectivity index (χ2n) is 7.26. The number of imide groups is 1. The molecule has 4 amide bonds. The van der Waals surface area contributed by atoms with Gasteiger partial charge in [0, 0.05) is 30.3 Å². The summed E-state index contributed by atoms with van der Waals surface area (Å²) in [5, 5.41) is 16.9. The van der Waals surface area contributed by atoms with Crippen LogP contribution in [0.3, 0.4) is 0 Å². The predicted octanol–water partition coefficient (Wildman–Crippen LogP) is 2.15. The van der Waals surface area contributed by atoms with E-state index >= 15 is 0 Å². The van der Waals surface area contributed by atoms with E-state index in [2.05, 4.69) is 26.1 Å². The number of hydrogen-bond acceptors (Lipinski definition) is 7. The Morgan fingerprint density at radius 2 is 1.91 bits per heavy atom. The first-order valence-corrected chi connectivity index (χ1v) is 11.2. The third-order valence-corrected chi connectivity index (χ3v) is 5.80. The monoisotopic (exact) mass is 466 g/mol. The molecular formula is C22H22N6O4S. The predicted molar refractivity (Wildman–Crippen MR) is 122 cm³/mol. The lowest BCUT2D eigenvalue weighted by molar-refractivity contribution is -0.121. The number of hydrogen-bond donors (Lipinski definition) is 3. The largest absolute Gasteiger partial charge is 0.497 e. The van der Waals surface area contributed by atoms with Crippen LogP contribution >= 0.6 is 11.8 Å². The van der Waals surface area contributed by atoms with Gasteiger partial charge in [-0.05, 0) is 36.4 Å². The Morgan fingerprint density at radius 3 is 2.61 bits per heavy atom. The summed E-state index contributed by atoms with van der Waals surface area (Å²) in [6.45, 7) is 0. The maximum absolute atomic E-state index is 12.5. The van der Waals surface area contributed by atoms with Crippen LogP contribution in [0.1, 0.15) is 12.2 Å². The molecule has 33 heavy (non-hydrogen) atoms. The number of nitrogens with zero attached hydrogens (tertiary/aromatic N) is 3. The molecule has 1 aliphatic rings. The van der Waals surface area contributed by atoms with Gasteiger partial charge in [-0.2, -0.15) is 0 Å². The number of nitrogens with one attached hydrogen (secondary N) is 3. The fraction of sp³-hybridized carbons (Fsp3) is 0.227. The van der Waals surface area contributed by atoms with Gasteiger partial charge in [0.15, 0.2) is 5.16 Å². The van der Waals surface area contributed by atoms with E-state index in [0.29, 0.717) is 28.8 Å². The lowest BCUT2D eigenvalue weighted by atomic mass is 10.1. The molecule has 0 aliphatic carbocycles. The Morgan fingerprint density at radius 1 is 1.15 bits per heavy atom. The molecule has 1 unspecified atom stereocenters. The average molecular weight is 467 g/mol. The van der Waals surface area contributed by atoms with Gasteiger partial charge in [0.05, 0.1) is 12.9 Å². The Balaban J connectivity index is 1.48. The van der Waals surface area contributed by atoms with Crippen molar-refractivity contribution in [3.63, 3.8) is 0 Å². The average Bonchev–Trinajstić information content (AvgIpc) is 3.20. The summed E-state index contributed by atoms with van der Waals surface area (Å²) < 4.78 is 6.96. The number of thioether (sulfide) groups is 1. The summed E-state index contributed by atoms with van der Waals surface area (Å²) in [5.41, 5.74) is 1.49. The van der Waals surface area contributed by atoms with Crippen LogP contribution in [0.15, 0.2) is 59.8 Å². The van der Waals surface area contributed by atoms with Crippen molar-refractivity contribution in [1.29, 1.82) is 0 Å². The van der Waals surface area contributed by atoms with E-state index in [0.717, 1.165) is 5.69 Å². The van der Waals surface area contributed by atoms with Gasteiger partial charge in [0.1, 0.15) is 11.6 Å². The molecule has 170 valence electrons. The first-order chi connectivity index (χ1) is 16.0. The van der Waals surface area contributed by atoms with E-state index in [-0.39, 0.29) is 24.0 Å². The van der Waals surface area contributed by atoms with Crippen molar-refractivity contribution in [1.82, 2.24) is 25.4 Å². The molecule has 0 saturated carbocycles. The Kier molecular flexibility index (Phi) is 6.89. The Hall–Kier alpha value is -3.86. The number of anilines is 1. The Bertz CT molecular complexity index is 1130. The SMILES string of the molecule is COc1ccc(NC(=O)CSc2nnc(CC3CC(=O)NC(=O)N3)n2-c2ccccc2)cc1. The number of carbonyl (C=O) groups is 3. The number of methoxy groups -OCH3 is 1. The minimum Gasteiger partial charge on any atom is -0.497 e. The van der Waals surface area contributed by atoms with Crippen molar-refractivity contribution in [3.05, 3.63) is 60.4 Å². The first-order valence-electron chi connectivity index (χ1n) is 10.2. The third kappa shape index (κ3) is 5.69. The maximum Gasteiger partial charge on any atom is 0.321 e. The van der Waals surface area contributed by atoms with Crippen molar-refractivity contribution in [2.45, 2.75) is 24.0 Å². The topological polar surface area (TPSA) is 127 Å². The van der Waals surface area contributed by atoms with Gasteiger partial charge in [-0.1, -0.05) is 30.0 Å². The zero-order valence-corrected chi connectivity index (χ0v) is 18.6. The quantitative estimate of drug-likeness (QED) is 0.434. The summed E-state index contributed by atoms with van der Waals surface area (Å²) in [7, 11) is 1.58. The molecule has 0 radical (unpaired) electrons. The molecule has 1 saturated heterocycles. The first kappa shape index (κ1) is 22.3. The van der Waals surface area contributed by atoms with E-state index in [1.807, 2.05) is 34.9 Å². The molecule has 1 aromatic heterocycles. The summed E-state index contributed by atoms with van der Waals surface area (Å²) in [5.74, 6) is 0.890. The molecule has 0 bridgehead atoms. The summed E-state index contributed by atoms with van der Waals surface area (Å²) in [6, 6.07) is 15.6. The Labute approximate surface area is 194 Å². The molecule has 10 nitrogen and oxygen atoms in total. The molecule has 1 atom stereocenters. The number of aromatic nitrogens is 3. The highest BCUT2D eigenvalue weighted by molar-refractivity contribution is 7.99. The zero-order chi connectivity index (χ0) is 23.2. The molecule has 2 aromatic carbocycles. The van der Waals surface area contributed by atoms with Gasteiger partial charge in [-0.3, -0.25) is 19.5 Å². The lowest BCUT2D eigenvalue weighted by Crippen LogP contribution is -2.53. The maximum atomic E-state index is 12.5. The van der Waals surface area contributed by atoms with Gasteiger partial charge in [0.25, 0.3) is 0 Å². The van der Waals surface area contributed by atoms with Gasteiger partial charge in [-0.15, -0.1) is 10.2 Å². The van der Waals surface area contributed by atoms with Crippen LogP contribution in [0.5, 0.6) is 5.75 Å². The van der Waals surface area contributed by atoms with Crippen molar-refractivity contribution in [2.24, 2.45) is 0 Å². The molecule has 0 spiro atoms. The molecule has 4 rings (SSSR count). The van der Waals surface area contributed by atoms with E-state index < -0.39 is 12.1 Å². The standard InChI is InChI=1S/C22H22N6O4S/c1-32-17-9-7-14(8-10-17)23-20(30)13-33-22-27-26-18(28(22)16-5-3-2-4-6-16)11-15-12-19(29)25-21(31)24-15/h2-10,15H,11-13H2,1H3,(H,23,30)(H2,24,25,29,31). The highest BCUT2D eigenvalue weighted by Gasteiger charge is 2.27. The minimum atomic E-state index is -0.521. The molecule has 11 heteroatoms. The normalized spacial score (nSPS) is 15.5. The highest BCUT2D eigenvalue weighted by Crippen LogP contribution is 2.24. The van der Waals surface area contributed by atoms with Gasteiger partial charge < -0.3 is 15.4 Å². The van der Waals surface area contributed by atoms with E-state index in [1.54, 1.807) is 31.4 Å². The van der Waals surface area contributed by atoms with E-state index in [4.69, 9.17) is 4.74 Å². The molecule has 3 aromatic rings. The van der Waals surface area contributed by atoms with Crippen molar-refractivity contribution >= 4 is 35.3 Å². The van der Waals surface area contributed by atoms with E-state index in [1.165, 1.54) is 11.8 Å². The molecular weight excluding hydrogens is 444 g/mol. The number of ether oxygens (including phenoxy) is 1. The smallest absolute Gasteiger partial charge is 0.321 e. The highest BCUT2D eigenvalue weighted by atomic mass is 32.2. The molecule has 1 fully saturated rings. The van der Waals surface area contributed by atoms with Crippen molar-refractivity contribution < 1.29 is 19.1 Å². The van der Waals surface area contributed by atoms with Crippen LogP contribution in [0, 0.1) is 0 Å². The zero-order valence-electron chi connectivity index (χ0n) is 17.8. The number of para-hydroxylation sites is 1. The van der Waals surface area contributed by atoms with Crippen LogP contribution in [0.25, 0.3) is 5.69 Å². The van der Waals surface area contributed by atoms with Gasteiger partial charge in [-0.25, -0.2) is 4.79 Å². The fourth-order valence-electron chi connectivity index (χ4n) is 3.38. The van der Waals surface area contributed by atoms with Crippen LogP contribution in [-0.4, -0.2) is 51.5 Å². The lowest BCUT2D eigenvalue weighted by Gasteiger charge is -2.23. The van der Waals surface area contributed by atoms with Crippen LogP contribution < -0.4 is 20.7 Å². The molecule has 2 heterocycles.